The largest absolute Gasteiger partial charge is 0.390 e. The summed E-state index contributed by atoms with van der Waals surface area (Å²) in [7, 11) is 0. The predicted molar refractivity (Wildman–Crippen MR) is 104 cm³/mol. The molecule has 136 valence electrons. The van der Waals surface area contributed by atoms with E-state index in [1.54, 1.807) is 0 Å². The summed E-state index contributed by atoms with van der Waals surface area (Å²) in [5.74, 6) is -0.212. The molecule has 1 atom stereocenters. The van der Waals surface area contributed by atoms with Crippen molar-refractivity contribution in [3.63, 3.8) is 0 Å². The monoisotopic (exact) mass is 351 g/mol. The number of primary amides is 1. The van der Waals surface area contributed by atoms with E-state index in [2.05, 4.69) is 45.9 Å². The van der Waals surface area contributed by atoms with Crippen molar-refractivity contribution in [2.75, 3.05) is 19.6 Å². The number of benzene rings is 2. The average Bonchev–Trinajstić information content (AvgIpc) is 2.96. The van der Waals surface area contributed by atoms with Crippen LogP contribution >= 0.6 is 0 Å². The number of piperidine rings is 1. The Labute approximate surface area is 153 Å². The van der Waals surface area contributed by atoms with Crippen molar-refractivity contribution in [3.05, 3.63) is 48.5 Å². The lowest BCUT2D eigenvalue weighted by atomic mass is 9.96. The molecule has 0 spiro atoms. The number of fused-ring (bicyclic) bond motifs is 3. The van der Waals surface area contributed by atoms with Gasteiger partial charge in [-0.2, -0.15) is 0 Å². The van der Waals surface area contributed by atoms with E-state index < -0.39 is 6.10 Å². The van der Waals surface area contributed by atoms with E-state index in [4.69, 9.17) is 5.73 Å². The number of β-amino-alcohol motifs (C(OH)–C–C–N with tert-alkyl or cyclic N) is 1. The van der Waals surface area contributed by atoms with E-state index >= 15 is 0 Å². The Morgan fingerprint density at radius 3 is 2.08 bits per heavy atom. The number of carbonyl (C=O) groups excluding carboxylic acids is 1. The number of para-hydroxylation sites is 2. The average molecular weight is 351 g/mol. The number of aliphatic hydroxyl groups excluding tert-OH is 1. The van der Waals surface area contributed by atoms with Crippen LogP contribution in [0.1, 0.15) is 12.8 Å². The topological polar surface area (TPSA) is 71.5 Å². The maximum absolute atomic E-state index is 11.3. The zero-order valence-electron chi connectivity index (χ0n) is 14.8. The minimum atomic E-state index is -0.459. The first kappa shape index (κ1) is 17.1. The van der Waals surface area contributed by atoms with Crippen molar-refractivity contribution in [2.45, 2.75) is 25.5 Å². The van der Waals surface area contributed by atoms with E-state index in [0.29, 0.717) is 13.1 Å². The van der Waals surface area contributed by atoms with Gasteiger partial charge in [0.15, 0.2) is 0 Å². The first-order valence-corrected chi connectivity index (χ1v) is 9.29. The second-order valence-corrected chi connectivity index (χ2v) is 7.28. The maximum Gasteiger partial charge on any atom is 0.220 e. The molecule has 0 aliphatic carbocycles. The second-order valence-electron chi connectivity index (χ2n) is 7.28. The lowest BCUT2D eigenvalue weighted by molar-refractivity contribution is -0.123. The fraction of sp³-hybridized carbons (Fsp3) is 0.381. The van der Waals surface area contributed by atoms with E-state index in [1.165, 1.54) is 10.8 Å². The number of carbonyl (C=O) groups is 1. The number of nitrogens with zero attached hydrogens (tertiary/aromatic N) is 2. The third-order valence-corrected chi connectivity index (χ3v) is 5.53. The Kier molecular flexibility index (Phi) is 4.66. The molecule has 1 saturated heterocycles. The zero-order chi connectivity index (χ0) is 18.1. The predicted octanol–water partition coefficient (Wildman–Crippen LogP) is 2.35. The minimum Gasteiger partial charge on any atom is -0.390 e. The molecule has 1 aromatic heterocycles. The van der Waals surface area contributed by atoms with Gasteiger partial charge in [0.1, 0.15) is 0 Å². The number of amides is 1. The SMILES string of the molecule is NC(=O)C1CCN(CC(O)Cn2c3ccccc3c3ccccc32)CC1. The molecule has 0 radical (unpaired) electrons. The molecule has 26 heavy (non-hydrogen) atoms. The smallest absolute Gasteiger partial charge is 0.220 e. The van der Waals surface area contributed by atoms with Crippen LogP contribution in [0.2, 0.25) is 0 Å². The van der Waals surface area contributed by atoms with Crippen molar-refractivity contribution in [3.8, 4) is 0 Å². The Hall–Kier alpha value is -2.37. The van der Waals surface area contributed by atoms with Gasteiger partial charge in [0, 0.05) is 34.3 Å². The van der Waals surface area contributed by atoms with Gasteiger partial charge in [-0.3, -0.25) is 4.79 Å². The zero-order valence-corrected chi connectivity index (χ0v) is 14.8. The highest BCUT2D eigenvalue weighted by molar-refractivity contribution is 6.07. The molecule has 5 nitrogen and oxygen atoms in total. The molecule has 0 bridgehead atoms. The third kappa shape index (κ3) is 3.20. The number of aromatic nitrogens is 1. The fourth-order valence-electron chi connectivity index (χ4n) is 4.17. The first-order valence-electron chi connectivity index (χ1n) is 9.29. The second kappa shape index (κ2) is 7.09. The van der Waals surface area contributed by atoms with Gasteiger partial charge in [-0.25, -0.2) is 0 Å². The van der Waals surface area contributed by atoms with E-state index in [0.717, 1.165) is 37.0 Å². The summed E-state index contributed by atoms with van der Waals surface area (Å²) >= 11 is 0. The van der Waals surface area contributed by atoms with Crippen LogP contribution in [-0.4, -0.2) is 46.2 Å². The summed E-state index contributed by atoms with van der Waals surface area (Å²) in [5.41, 5.74) is 7.71. The molecular weight excluding hydrogens is 326 g/mol. The normalized spacial score (nSPS) is 17.7. The Balaban J connectivity index is 1.51. The van der Waals surface area contributed by atoms with Crippen molar-refractivity contribution < 1.29 is 9.90 Å². The van der Waals surface area contributed by atoms with Gasteiger partial charge in [0.25, 0.3) is 0 Å². The Morgan fingerprint density at radius 2 is 1.54 bits per heavy atom. The van der Waals surface area contributed by atoms with Crippen LogP contribution in [0.5, 0.6) is 0 Å². The molecule has 0 saturated carbocycles. The van der Waals surface area contributed by atoms with Crippen LogP contribution in [0.4, 0.5) is 0 Å². The molecule has 1 amide bonds. The van der Waals surface area contributed by atoms with Crippen molar-refractivity contribution in [2.24, 2.45) is 11.7 Å². The molecule has 4 rings (SSSR count). The lowest BCUT2D eigenvalue weighted by Crippen LogP contribution is -2.42. The molecule has 3 aromatic rings. The van der Waals surface area contributed by atoms with Crippen molar-refractivity contribution >= 4 is 27.7 Å². The van der Waals surface area contributed by atoms with Crippen molar-refractivity contribution in [1.82, 2.24) is 9.47 Å². The molecule has 1 unspecified atom stereocenters. The molecule has 5 heteroatoms. The fourth-order valence-corrected chi connectivity index (χ4v) is 4.17. The minimum absolute atomic E-state index is 0.0132. The summed E-state index contributed by atoms with van der Waals surface area (Å²) < 4.78 is 2.21. The van der Waals surface area contributed by atoms with Gasteiger partial charge in [0.2, 0.25) is 5.91 Å². The Morgan fingerprint density at radius 1 is 1.00 bits per heavy atom. The van der Waals surface area contributed by atoms with Gasteiger partial charge in [-0.15, -0.1) is 0 Å². The summed E-state index contributed by atoms with van der Waals surface area (Å²) in [4.78, 5) is 13.5. The van der Waals surface area contributed by atoms with Crippen LogP contribution < -0.4 is 5.73 Å². The van der Waals surface area contributed by atoms with Gasteiger partial charge >= 0.3 is 0 Å². The van der Waals surface area contributed by atoms with E-state index in [1.807, 2.05) is 12.1 Å². The van der Waals surface area contributed by atoms with Gasteiger partial charge in [-0.1, -0.05) is 36.4 Å². The van der Waals surface area contributed by atoms with Crippen LogP contribution in [0.15, 0.2) is 48.5 Å². The van der Waals surface area contributed by atoms with Gasteiger partial charge in [-0.05, 0) is 38.1 Å². The number of hydrogen-bond donors (Lipinski definition) is 2. The lowest BCUT2D eigenvalue weighted by Gasteiger charge is -2.32. The summed E-state index contributed by atoms with van der Waals surface area (Å²) in [6.45, 7) is 2.81. The molecule has 1 aliphatic rings. The highest BCUT2D eigenvalue weighted by atomic mass is 16.3. The number of rotatable bonds is 5. The standard InChI is InChI=1S/C21H25N3O2/c22-21(26)15-9-11-23(12-10-15)13-16(25)14-24-19-7-3-1-5-17(19)18-6-2-4-8-20(18)24/h1-8,15-16,25H,9-14H2,(H2,22,26). The number of hydrogen-bond acceptors (Lipinski definition) is 3. The van der Waals surface area contributed by atoms with Crippen LogP contribution in [0.3, 0.4) is 0 Å². The summed E-state index contributed by atoms with van der Waals surface area (Å²) in [5, 5.41) is 13.2. The summed E-state index contributed by atoms with van der Waals surface area (Å²) in [6, 6.07) is 16.7. The maximum atomic E-state index is 11.3. The van der Waals surface area contributed by atoms with Crippen LogP contribution in [0.25, 0.3) is 21.8 Å². The molecule has 1 aliphatic heterocycles. The Bertz CT molecular complexity index is 872. The van der Waals surface area contributed by atoms with E-state index in [-0.39, 0.29) is 11.8 Å². The molecule has 2 aromatic carbocycles. The first-order chi connectivity index (χ1) is 12.6. The van der Waals surface area contributed by atoms with Crippen LogP contribution in [-0.2, 0) is 11.3 Å². The molecule has 1 fully saturated rings. The van der Waals surface area contributed by atoms with Crippen LogP contribution in [0, 0.1) is 5.92 Å². The highest BCUT2D eigenvalue weighted by Gasteiger charge is 2.24. The quantitative estimate of drug-likeness (QED) is 0.741. The number of nitrogens with two attached hydrogens (primary N) is 1. The molecular formula is C21H25N3O2. The molecule has 2 heterocycles. The highest BCUT2D eigenvalue weighted by Crippen LogP contribution is 2.29. The molecule has 3 N–H and O–H groups in total. The number of aliphatic hydroxyl groups is 1. The van der Waals surface area contributed by atoms with Gasteiger partial charge < -0.3 is 20.3 Å². The van der Waals surface area contributed by atoms with Crippen molar-refractivity contribution in [1.29, 1.82) is 0 Å². The van der Waals surface area contributed by atoms with E-state index in [9.17, 15) is 9.90 Å². The number of likely N-dealkylation sites (tertiary alicyclic amines) is 1. The summed E-state index contributed by atoms with van der Waals surface area (Å²) in [6.07, 6.45) is 1.12. The van der Waals surface area contributed by atoms with Gasteiger partial charge in [0.05, 0.1) is 12.6 Å². The third-order valence-electron chi connectivity index (χ3n) is 5.53.